The summed E-state index contributed by atoms with van der Waals surface area (Å²) < 4.78 is 16.5. The summed E-state index contributed by atoms with van der Waals surface area (Å²) in [6.45, 7) is 4.43. The number of nitrogens with zero attached hydrogens (tertiary/aromatic N) is 2. The summed E-state index contributed by atoms with van der Waals surface area (Å²) in [5.41, 5.74) is 2.13. The number of carbonyl (C=O) groups excluding carboxylic acids is 1. The van der Waals surface area contributed by atoms with Crippen LogP contribution < -0.4 is 4.80 Å². The molecule has 0 saturated carbocycles. The van der Waals surface area contributed by atoms with E-state index in [0.29, 0.717) is 22.4 Å². The molecule has 112 valence electrons. The molecule has 3 rings (SSSR count). The maximum Gasteiger partial charge on any atom is 0.279 e. The number of aryl methyl sites for hydroxylation is 2. The average molecular weight is 314 g/mol. The van der Waals surface area contributed by atoms with Crippen LogP contribution in [0.15, 0.2) is 47.5 Å². The van der Waals surface area contributed by atoms with E-state index in [2.05, 4.69) is 4.99 Å². The lowest BCUT2D eigenvalue weighted by atomic mass is 10.1. The van der Waals surface area contributed by atoms with Gasteiger partial charge in [-0.2, -0.15) is 4.99 Å². The van der Waals surface area contributed by atoms with Gasteiger partial charge in [0, 0.05) is 12.1 Å². The minimum atomic E-state index is -0.311. The molecule has 1 amide bonds. The average Bonchev–Trinajstić information content (AvgIpc) is 2.86. The third-order valence-corrected chi connectivity index (χ3v) is 4.51. The molecule has 1 heterocycles. The second-order valence-corrected chi connectivity index (χ2v) is 6.01. The molecular formula is C17H15FN2OS. The Hall–Kier alpha value is -2.27. The second kappa shape index (κ2) is 5.85. The summed E-state index contributed by atoms with van der Waals surface area (Å²) in [5, 5.41) is 0. The molecule has 0 spiro atoms. The van der Waals surface area contributed by atoms with Crippen LogP contribution in [-0.4, -0.2) is 10.5 Å². The number of hydrogen-bond donors (Lipinski definition) is 0. The van der Waals surface area contributed by atoms with Gasteiger partial charge >= 0.3 is 0 Å². The van der Waals surface area contributed by atoms with Crippen LogP contribution in [0.3, 0.4) is 0 Å². The van der Waals surface area contributed by atoms with E-state index in [1.54, 1.807) is 22.8 Å². The fourth-order valence-electron chi connectivity index (χ4n) is 2.31. The Morgan fingerprint density at radius 2 is 1.95 bits per heavy atom. The summed E-state index contributed by atoms with van der Waals surface area (Å²) in [4.78, 5) is 17.0. The molecule has 0 aliphatic heterocycles. The van der Waals surface area contributed by atoms with E-state index in [-0.39, 0.29) is 11.7 Å². The van der Waals surface area contributed by atoms with Crippen molar-refractivity contribution in [2.75, 3.05) is 0 Å². The quantitative estimate of drug-likeness (QED) is 0.706. The van der Waals surface area contributed by atoms with Gasteiger partial charge in [-0.05, 0) is 38.1 Å². The van der Waals surface area contributed by atoms with Crippen LogP contribution in [0.25, 0.3) is 10.2 Å². The predicted octanol–water partition coefficient (Wildman–Crippen LogP) is 3.91. The summed E-state index contributed by atoms with van der Waals surface area (Å²) in [5.74, 6) is -0.603. The lowest BCUT2D eigenvalue weighted by molar-refractivity contribution is 0.0998. The first kappa shape index (κ1) is 14.7. The Morgan fingerprint density at radius 3 is 2.64 bits per heavy atom. The van der Waals surface area contributed by atoms with Gasteiger partial charge in [0.05, 0.1) is 10.2 Å². The topological polar surface area (TPSA) is 34.4 Å². The molecule has 0 bridgehead atoms. The van der Waals surface area contributed by atoms with Crippen LogP contribution in [0.5, 0.6) is 0 Å². The minimum absolute atomic E-state index is 0.292. The molecule has 3 aromatic rings. The lowest BCUT2D eigenvalue weighted by Gasteiger charge is -2.01. The molecule has 0 aliphatic rings. The van der Waals surface area contributed by atoms with Crippen molar-refractivity contribution in [1.82, 2.24) is 4.57 Å². The number of hydrogen-bond acceptors (Lipinski definition) is 2. The Bertz CT molecular complexity index is 907. The van der Waals surface area contributed by atoms with Gasteiger partial charge in [0.1, 0.15) is 5.82 Å². The standard InChI is InChI=1S/C17H15FN2OS/c1-3-20-15-13(18)5-4-6-14(15)22-17(20)19-16(21)12-9-7-11(2)8-10-12/h4-10H,3H2,1-2H3. The molecule has 1 aromatic heterocycles. The number of halogens is 1. The van der Waals surface area contributed by atoms with E-state index in [9.17, 15) is 9.18 Å². The van der Waals surface area contributed by atoms with Gasteiger partial charge in [-0.25, -0.2) is 4.39 Å². The van der Waals surface area contributed by atoms with E-state index in [1.807, 2.05) is 32.0 Å². The molecule has 0 N–H and O–H groups in total. The molecule has 22 heavy (non-hydrogen) atoms. The molecule has 0 aliphatic carbocycles. The van der Waals surface area contributed by atoms with Crippen molar-refractivity contribution in [3.63, 3.8) is 0 Å². The molecule has 0 saturated heterocycles. The predicted molar refractivity (Wildman–Crippen MR) is 86.5 cm³/mol. The van der Waals surface area contributed by atoms with Crippen LogP contribution in [0.2, 0.25) is 0 Å². The van der Waals surface area contributed by atoms with Crippen molar-refractivity contribution in [1.29, 1.82) is 0 Å². The van der Waals surface area contributed by atoms with Crippen molar-refractivity contribution in [3.8, 4) is 0 Å². The summed E-state index contributed by atoms with van der Waals surface area (Å²) in [7, 11) is 0. The minimum Gasteiger partial charge on any atom is -0.314 e. The summed E-state index contributed by atoms with van der Waals surface area (Å²) in [6, 6.07) is 12.2. The lowest BCUT2D eigenvalue weighted by Crippen LogP contribution is -2.16. The Morgan fingerprint density at radius 1 is 1.23 bits per heavy atom. The largest absolute Gasteiger partial charge is 0.314 e. The van der Waals surface area contributed by atoms with E-state index < -0.39 is 0 Å². The van der Waals surface area contributed by atoms with Crippen LogP contribution in [0, 0.1) is 12.7 Å². The normalized spacial score (nSPS) is 12.0. The number of fused-ring (bicyclic) bond motifs is 1. The molecule has 0 atom stereocenters. The molecule has 3 nitrogen and oxygen atoms in total. The summed E-state index contributed by atoms with van der Waals surface area (Å²) >= 11 is 1.32. The maximum absolute atomic E-state index is 14.0. The number of para-hydroxylation sites is 1. The van der Waals surface area contributed by atoms with Crippen molar-refractivity contribution in [3.05, 3.63) is 64.2 Å². The fraction of sp³-hybridized carbons (Fsp3) is 0.176. The number of amides is 1. The Balaban J connectivity index is 2.15. The second-order valence-electron chi connectivity index (χ2n) is 5.00. The molecule has 2 aromatic carbocycles. The van der Waals surface area contributed by atoms with Gasteiger partial charge in [0.2, 0.25) is 0 Å². The fourth-order valence-corrected chi connectivity index (χ4v) is 3.42. The SMILES string of the molecule is CCn1c(=NC(=O)c2ccc(C)cc2)sc2cccc(F)c21. The highest BCUT2D eigenvalue weighted by molar-refractivity contribution is 7.16. The summed E-state index contributed by atoms with van der Waals surface area (Å²) in [6.07, 6.45) is 0. The zero-order chi connectivity index (χ0) is 15.7. The van der Waals surface area contributed by atoms with Gasteiger partial charge in [0.25, 0.3) is 5.91 Å². The zero-order valence-corrected chi connectivity index (χ0v) is 13.2. The van der Waals surface area contributed by atoms with Gasteiger partial charge in [-0.15, -0.1) is 0 Å². The van der Waals surface area contributed by atoms with E-state index in [0.717, 1.165) is 10.3 Å². The smallest absolute Gasteiger partial charge is 0.279 e. The number of aromatic nitrogens is 1. The van der Waals surface area contributed by atoms with Crippen LogP contribution >= 0.6 is 11.3 Å². The third kappa shape index (κ3) is 2.60. The maximum atomic E-state index is 14.0. The highest BCUT2D eigenvalue weighted by Gasteiger charge is 2.11. The van der Waals surface area contributed by atoms with E-state index >= 15 is 0 Å². The van der Waals surface area contributed by atoms with Gasteiger partial charge in [-0.3, -0.25) is 4.79 Å². The number of thiazole rings is 1. The molecule has 0 unspecified atom stereocenters. The first-order valence-electron chi connectivity index (χ1n) is 7.03. The van der Waals surface area contributed by atoms with Gasteiger partial charge < -0.3 is 4.57 Å². The Labute approximate surface area is 131 Å². The first-order valence-corrected chi connectivity index (χ1v) is 7.85. The van der Waals surface area contributed by atoms with Crippen LogP contribution in [-0.2, 0) is 6.54 Å². The van der Waals surface area contributed by atoms with Crippen molar-refractivity contribution >= 4 is 27.5 Å². The third-order valence-electron chi connectivity index (χ3n) is 3.46. The van der Waals surface area contributed by atoms with E-state index in [1.165, 1.54) is 17.4 Å². The number of rotatable bonds is 2. The molecule has 5 heteroatoms. The van der Waals surface area contributed by atoms with Gasteiger partial charge in [-0.1, -0.05) is 35.1 Å². The molecule has 0 radical (unpaired) electrons. The highest BCUT2D eigenvalue weighted by atomic mass is 32.1. The van der Waals surface area contributed by atoms with Crippen LogP contribution in [0.4, 0.5) is 4.39 Å². The molecule has 0 fully saturated rings. The number of benzene rings is 2. The Kier molecular flexibility index (Phi) is 3.90. The highest BCUT2D eigenvalue weighted by Crippen LogP contribution is 2.20. The monoisotopic (exact) mass is 314 g/mol. The van der Waals surface area contributed by atoms with Crippen molar-refractivity contribution in [2.45, 2.75) is 20.4 Å². The first-order chi connectivity index (χ1) is 10.6. The zero-order valence-electron chi connectivity index (χ0n) is 12.3. The van der Waals surface area contributed by atoms with Crippen molar-refractivity contribution < 1.29 is 9.18 Å². The number of carbonyl (C=O) groups is 1. The van der Waals surface area contributed by atoms with Gasteiger partial charge in [0.15, 0.2) is 4.80 Å². The molecular weight excluding hydrogens is 299 g/mol. The van der Waals surface area contributed by atoms with Crippen molar-refractivity contribution in [2.24, 2.45) is 4.99 Å². The van der Waals surface area contributed by atoms with Crippen LogP contribution in [0.1, 0.15) is 22.8 Å². The van der Waals surface area contributed by atoms with E-state index in [4.69, 9.17) is 0 Å².